The van der Waals surface area contributed by atoms with Crippen LogP contribution in [0.15, 0.2) is 24.5 Å². The first kappa shape index (κ1) is 9.42. The minimum absolute atomic E-state index is 0. The first-order valence-electron chi connectivity index (χ1n) is 2.50. The molecule has 0 saturated heterocycles. The first-order chi connectivity index (χ1) is 4.30. The van der Waals surface area contributed by atoms with Crippen LogP contribution in [0, 0.1) is 0 Å². The van der Waals surface area contributed by atoms with E-state index in [1.54, 1.807) is 18.3 Å². The van der Waals surface area contributed by atoms with Gasteiger partial charge in [0.05, 0.1) is 5.56 Å². The number of hydrogen-bond acceptors (Lipinski definition) is 2. The summed E-state index contributed by atoms with van der Waals surface area (Å²) in [6.07, 6.45) is 3.02. The molecule has 0 unspecified atom stereocenters. The number of pyridine rings is 1. The molecule has 0 spiro atoms. The number of carbonyl (C=O) groups is 1. The molecule has 0 atom stereocenters. The average Bonchev–Trinajstić information content (AvgIpc) is 1.90. The summed E-state index contributed by atoms with van der Waals surface area (Å²) < 4.78 is 0. The van der Waals surface area contributed by atoms with Gasteiger partial charge in [0.2, 0.25) is 5.91 Å². The minimum Gasteiger partial charge on any atom is -0.366 e. The van der Waals surface area contributed by atoms with Crippen LogP contribution >= 0.6 is 0 Å². The summed E-state index contributed by atoms with van der Waals surface area (Å²) in [5.74, 6) is -0.442. The average molecular weight is 241 g/mol. The van der Waals surface area contributed by atoms with Gasteiger partial charge in [-0.1, -0.05) is 0 Å². The van der Waals surface area contributed by atoms with Crippen molar-refractivity contribution in [2.75, 3.05) is 0 Å². The standard InChI is InChI=1S/C6H6N2O.Sn/c7-6(9)5-2-1-3-8-4-5;/h1-4H,(H2,7,9);. The van der Waals surface area contributed by atoms with Crippen molar-refractivity contribution in [1.29, 1.82) is 0 Å². The van der Waals surface area contributed by atoms with Gasteiger partial charge in [0.1, 0.15) is 0 Å². The van der Waals surface area contributed by atoms with Gasteiger partial charge >= 0.3 is 0 Å². The Morgan fingerprint density at radius 2 is 2.30 bits per heavy atom. The van der Waals surface area contributed by atoms with E-state index in [2.05, 4.69) is 4.98 Å². The number of primary amides is 1. The number of nitrogens with zero attached hydrogens (tertiary/aromatic N) is 1. The van der Waals surface area contributed by atoms with Crippen molar-refractivity contribution >= 4 is 29.8 Å². The van der Waals surface area contributed by atoms with E-state index in [9.17, 15) is 4.79 Å². The van der Waals surface area contributed by atoms with E-state index < -0.39 is 5.91 Å². The maximum Gasteiger partial charge on any atom is 0.250 e. The van der Waals surface area contributed by atoms with Gasteiger partial charge in [0.25, 0.3) is 0 Å². The molecule has 1 aromatic rings. The second-order valence-electron chi connectivity index (χ2n) is 1.61. The summed E-state index contributed by atoms with van der Waals surface area (Å²) >= 11 is 0. The van der Waals surface area contributed by atoms with E-state index in [-0.39, 0.29) is 23.9 Å². The van der Waals surface area contributed by atoms with Gasteiger partial charge in [-0.05, 0) is 12.1 Å². The molecule has 1 rings (SSSR count). The zero-order chi connectivity index (χ0) is 6.69. The summed E-state index contributed by atoms with van der Waals surface area (Å²) in [6, 6.07) is 3.29. The van der Waals surface area contributed by atoms with E-state index in [0.717, 1.165) is 0 Å². The smallest absolute Gasteiger partial charge is 0.250 e. The molecule has 0 aromatic carbocycles. The third kappa shape index (κ3) is 2.34. The van der Waals surface area contributed by atoms with Crippen molar-refractivity contribution in [3.63, 3.8) is 0 Å². The molecule has 2 N–H and O–H groups in total. The summed E-state index contributed by atoms with van der Waals surface area (Å²) in [6.45, 7) is 0. The monoisotopic (exact) mass is 242 g/mol. The van der Waals surface area contributed by atoms with Gasteiger partial charge in [0.15, 0.2) is 0 Å². The Kier molecular flexibility index (Phi) is 4.02. The molecular formula is C6H6N2OSn. The molecule has 1 heterocycles. The second-order valence-corrected chi connectivity index (χ2v) is 1.61. The zero-order valence-corrected chi connectivity index (χ0v) is 8.10. The molecule has 1 amide bonds. The number of aromatic nitrogens is 1. The van der Waals surface area contributed by atoms with E-state index in [1.165, 1.54) is 6.20 Å². The molecule has 1 aromatic heterocycles. The Labute approximate surface area is 75.6 Å². The number of amides is 1. The maximum absolute atomic E-state index is 10.4. The van der Waals surface area contributed by atoms with E-state index >= 15 is 0 Å². The van der Waals surface area contributed by atoms with Crippen molar-refractivity contribution in [1.82, 2.24) is 4.98 Å². The summed E-state index contributed by atoms with van der Waals surface area (Å²) in [4.78, 5) is 14.1. The van der Waals surface area contributed by atoms with Crippen molar-refractivity contribution in [3.8, 4) is 0 Å². The maximum atomic E-state index is 10.4. The zero-order valence-electron chi connectivity index (χ0n) is 5.24. The number of hydrogen-bond donors (Lipinski definition) is 1. The predicted molar refractivity (Wildman–Crippen MR) is 38.5 cm³/mol. The fourth-order valence-electron chi connectivity index (χ4n) is 0.509. The fourth-order valence-corrected chi connectivity index (χ4v) is 0.509. The SMILES string of the molecule is NC(=O)c1cccnc1.[Sn]. The minimum atomic E-state index is -0.442. The van der Waals surface area contributed by atoms with Gasteiger partial charge < -0.3 is 5.73 Å². The fraction of sp³-hybridized carbons (Fsp3) is 0. The molecule has 10 heavy (non-hydrogen) atoms. The van der Waals surface area contributed by atoms with Crippen molar-refractivity contribution in [2.45, 2.75) is 0 Å². The van der Waals surface area contributed by atoms with Crippen LogP contribution in [0.3, 0.4) is 0 Å². The molecule has 4 heteroatoms. The Bertz CT molecular complexity index is 212. The van der Waals surface area contributed by atoms with Crippen LogP contribution in [0.4, 0.5) is 0 Å². The summed E-state index contributed by atoms with van der Waals surface area (Å²) in [5, 5.41) is 0. The molecule has 4 radical (unpaired) electrons. The van der Waals surface area contributed by atoms with Crippen LogP contribution in [0.25, 0.3) is 0 Å². The van der Waals surface area contributed by atoms with E-state index in [4.69, 9.17) is 5.73 Å². The molecule has 3 nitrogen and oxygen atoms in total. The van der Waals surface area contributed by atoms with Crippen LogP contribution in [0.2, 0.25) is 0 Å². The summed E-state index contributed by atoms with van der Waals surface area (Å²) in [5.41, 5.74) is 5.38. The number of carbonyl (C=O) groups excluding carboxylic acids is 1. The number of nitrogens with two attached hydrogens (primary N) is 1. The van der Waals surface area contributed by atoms with Crippen LogP contribution < -0.4 is 5.73 Å². The van der Waals surface area contributed by atoms with Gasteiger partial charge in [-0.25, -0.2) is 0 Å². The van der Waals surface area contributed by atoms with Gasteiger partial charge in [-0.2, -0.15) is 0 Å². The van der Waals surface area contributed by atoms with Gasteiger partial charge in [0, 0.05) is 36.3 Å². The molecule has 0 bridgehead atoms. The van der Waals surface area contributed by atoms with Crippen molar-refractivity contribution in [2.24, 2.45) is 5.73 Å². The third-order valence-corrected chi connectivity index (χ3v) is 0.946. The third-order valence-electron chi connectivity index (χ3n) is 0.946. The normalized spacial score (nSPS) is 8.00. The van der Waals surface area contributed by atoms with Gasteiger partial charge in [-0.15, -0.1) is 0 Å². The van der Waals surface area contributed by atoms with E-state index in [0.29, 0.717) is 5.56 Å². The van der Waals surface area contributed by atoms with Crippen molar-refractivity contribution < 1.29 is 4.79 Å². The van der Waals surface area contributed by atoms with Crippen LogP contribution in [-0.2, 0) is 0 Å². The van der Waals surface area contributed by atoms with Crippen LogP contribution in [0.5, 0.6) is 0 Å². The molecule has 0 aliphatic heterocycles. The molecule has 0 aliphatic rings. The predicted octanol–water partition coefficient (Wildman–Crippen LogP) is -0.200. The second kappa shape index (κ2) is 4.27. The molecule has 0 fully saturated rings. The van der Waals surface area contributed by atoms with Gasteiger partial charge in [-0.3, -0.25) is 9.78 Å². The molecule has 0 saturated carbocycles. The Morgan fingerprint density at radius 1 is 1.60 bits per heavy atom. The Balaban J connectivity index is 0.000000810. The quantitative estimate of drug-likeness (QED) is 0.692. The molecule has 50 valence electrons. The molecular weight excluding hydrogens is 235 g/mol. The largest absolute Gasteiger partial charge is 0.366 e. The Morgan fingerprint density at radius 3 is 2.60 bits per heavy atom. The molecule has 0 aliphatic carbocycles. The number of rotatable bonds is 1. The van der Waals surface area contributed by atoms with E-state index in [1.807, 2.05) is 0 Å². The summed E-state index contributed by atoms with van der Waals surface area (Å²) in [7, 11) is 0. The van der Waals surface area contributed by atoms with Crippen molar-refractivity contribution in [3.05, 3.63) is 30.1 Å². The Hall–Kier alpha value is -0.581. The van der Waals surface area contributed by atoms with Crippen LogP contribution in [-0.4, -0.2) is 34.8 Å². The van der Waals surface area contributed by atoms with Crippen LogP contribution in [0.1, 0.15) is 10.4 Å². The topological polar surface area (TPSA) is 56.0 Å². The first-order valence-corrected chi connectivity index (χ1v) is 2.50.